The minimum absolute atomic E-state index is 0.0128. The molecule has 1 aliphatic heterocycles. The lowest BCUT2D eigenvalue weighted by atomic mass is 9.99. The molecule has 2 heterocycles. The summed E-state index contributed by atoms with van der Waals surface area (Å²) < 4.78 is 18.9. The third kappa shape index (κ3) is 4.16. The van der Waals surface area contributed by atoms with E-state index in [2.05, 4.69) is 15.3 Å². The van der Waals surface area contributed by atoms with Crippen LogP contribution in [0.2, 0.25) is 0 Å². The fourth-order valence-corrected chi connectivity index (χ4v) is 3.27. The van der Waals surface area contributed by atoms with Crippen molar-refractivity contribution in [3.05, 3.63) is 52.7 Å². The third-order valence-electron chi connectivity index (χ3n) is 4.47. The average molecular weight is 358 g/mol. The number of anilines is 1. The Kier molecular flexibility index (Phi) is 5.46. The van der Waals surface area contributed by atoms with E-state index in [9.17, 15) is 9.18 Å². The highest BCUT2D eigenvalue weighted by Gasteiger charge is 2.24. The van der Waals surface area contributed by atoms with Gasteiger partial charge in [0.2, 0.25) is 5.91 Å². The molecule has 0 aliphatic carbocycles. The topological polar surface area (TPSA) is 67.3 Å². The number of carbonyl (C=O) groups is 1. The molecule has 0 fully saturated rings. The number of hydrogen-bond acceptors (Lipinski definition) is 5. The van der Waals surface area contributed by atoms with Gasteiger partial charge in [-0.25, -0.2) is 14.4 Å². The maximum atomic E-state index is 13.7. The number of halogens is 1. The van der Waals surface area contributed by atoms with E-state index >= 15 is 0 Å². The lowest BCUT2D eigenvalue weighted by Gasteiger charge is -2.20. The summed E-state index contributed by atoms with van der Waals surface area (Å²) in [7, 11) is 1.60. The maximum Gasteiger partial charge on any atom is 0.219 e. The highest BCUT2D eigenvalue weighted by Crippen LogP contribution is 2.30. The normalized spacial score (nSPS) is 16.8. The first-order chi connectivity index (χ1) is 12.5. The summed E-state index contributed by atoms with van der Waals surface area (Å²) in [5.74, 6) is 0.990. The third-order valence-corrected chi connectivity index (χ3v) is 4.47. The highest BCUT2D eigenvalue weighted by atomic mass is 19.1. The van der Waals surface area contributed by atoms with E-state index in [1.54, 1.807) is 18.1 Å². The SMILES string of the molecule is COCc1nc(C)cc(NC2CCN(C(C)=O)Cc3cc(F)ccc32)n1. The molecule has 1 N–H and O–H groups in total. The van der Waals surface area contributed by atoms with Crippen LogP contribution in [0.15, 0.2) is 24.3 Å². The van der Waals surface area contributed by atoms with Crippen molar-refractivity contribution < 1.29 is 13.9 Å². The Bertz CT molecular complexity index is 812. The van der Waals surface area contributed by atoms with Crippen molar-refractivity contribution in [3.63, 3.8) is 0 Å². The summed E-state index contributed by atoms with van der Waals surface area (Å²) >= 11 is 0. The van der Waals surface area contributed by atoms with Crippen LogP contribution in [0, 0.1) is 12.7 Å². The summed E-state index contributed by atoms with van der Waals surface area (Å²) in [6.45, 7) is 4.79. The van der Waals surface area contributed by atoms with Crippen LogP contribution in [0.5, 0.6) is 0 Å². The summed E-state index contributed by atoms with van der Waals surface area (Å²) in [6.07, 6.45) is 0.709. The van der Waals surface area contributed by atoms with Crippen LogP contribution in [-0.2, 0) is 22.7 Å². The van der Waals surface area contributed by atoms with Gasteiger partial charge in [0.1, 0.15) is 18.2 Å². The monoisotopic (exact) mass is 358 g/mol. The number of carbonyl (C=O) groups excluding carboxylic acids is 1. The molecule has 6 nitrogen and oxygen atoms in total. The summed E-state index contributed by atoms with van der Waals surface area (Å²) in [5.41, 5.74) is 2.64. The van der Waals surface area contributed by atoms with Crippen LogP contribution >= 0.6 is 0 Å². The number of amides is 1. The van der Waals surface area contributed by atoms with Gasteiger partial charge in [0, 0.05) is 38.9 Å². The molecule has 0 bridgehead atoms. The minimum Gasteiger partial charge on any atom is -0.377 e. The number of aryl methyl sites for hydroxylation is 1. The van der Waals surface area contributed by atoms with E-state index in [0.29, 0.717) is 37.8 Å². The number of ether oxygens (including phenoxy) is 1. The second-order valence-electron chi connectivity index (χ2n) is 6.51. The Hall–Kier alpha value is -2.54. The molecule has 1 atom stereocenters. The minimum atomic E-state index is -0.298. The van der Waals surface area contributed by atoms with Crippen LogP contribution in [0.3, 0.4) is 0 Å². The lowest BCUT2D eigenvalue weighted by molar-refractivity contribution is -0.129. The van der Waals surface area contributed by atoms with E-state index in [1.165, 1.54) is 19.1 Å². The smallest absolute Gasteiger partial charge is 0.219 e. The highest BCUT2D eigenvalue weighted by molar-refractivity contribution is 5.73. The van der Waals surface area contributed by atoms with E-state index in [1.807, 2.05) is 13.0 Å². The second kappa shape index (κ2) is 7.78. The largest absolute Gasteiger partial charge is 0.377 e. The van der Waals surface area contributed by atoms with Crippen molar-refractivity contribution in [2.24, 2.45) is 0 Å². The molecule has 1 aromatic carbocycles. The quantitative estimate of drug-likeness (QED) is 0.910. The van der Waals surface area contributed by atoms with Crippen LogP contribution < -0.4 is 5.32 Å². The van der Waals surface area contributed by atoms with Crippen LogP contribution in [-0.4, -0.2) is 34.4 Å². The number of aromatic nitrogens is 2. The Morgan fingerprint density at radius 2 is 2.19 bits per heavy atom. The van der Waals surface area contributed by atoms with Gasteiger partial charge in [0.05, 0.1) is 6.04 Å². The molecule has 2 aromatic rings. The summed E-state index contributed by atoms with van der Waals surface area (Å²) in [5, 5.41) is 3.43. The van der Waals surface area contributed by atoms with Gasteiger partial charge in [-0.1, -0.05) is 6.07 Å². The number of hydrogen-bond donors (Lipinski definition) is 1. The van der Waals surface area contributed by atoms with E-state index in [0.717, 1.165) is 16.8 Å². The van der Waals surface area contributed by atoms with Crippen molar-refractivity contribution >= 4 is 11.7 Å². The first kappa shape index (κ1) is 18.3. The van der Waals surface area contributed by atoms with Crippen molar-refractivity contribution in [2.45, 2.75) is 39.5 Å². The Labute approximate surface area is 152 Å². The van der Waals surface area contributed by atoms with Gasteiger partial charge in [0.25, 0.3) is 0 Å². The predicted molar refractivity (Wildman–Crippen MR) is 96.0 cm³/mol. The molecule has 1 aromatic heterocycles. The van der Waals surface area contributed by atoms with Gasteiger partial charge in [-0.15, -0.1) is 0 Å². The van der Waals surface area contributed by atoms with Crippen molar-refractivity contribution in [1.29, 1.82) is 0 Å². The number of benzene rings is 1. The number of rotatable bonds is 4. The second-order valence-corrected chi connectivity index (χ2v) is 6.51. The molecule has 1 unspecified atom stereocenters. The predicted octanol–water partition coefficient (Wildman–Crippen LogP) is 2.98. The van der Waals surface area contributed by atoms with Crippen molar-refractivity contribution in [3.8, 4) is 0 Å². The number of nitrogens with one attached hydrogen (secondary N) is 1. The molecule has 138 valence electrons. The maximum absolute atomic E-state index is 13.7. The zero-order valence-electron chi connectivity index (χ0n) is 15.3. The first-order valence-corrected chi connectivity index (χ1v) is 8.60. The molecule has 26 heavy (non-hydrogen) atoms. The van der Waals surface area contributed by atoms with Gasteiger partial charge < -0.3 is 15.0 Å². The van der Waals surface area contributed by atoms with E-state index in [4.69, 9.17) is 4.74 Å². The molecule has 7 heteroatoms. The molecule has 1 aliphatic rings. The van der Waals surface area contributed by atoms with Gasteiger partial charge in [-0.2, -0.15) is 0 Å². The molecule has 1 amide bonds. The molecule has 0 radical (unpaired) electrons. The van der Waals surface area contributed by atoms with Gasteiger partial charge >= 0.3 is 0 Å². The number of fused-ring (bicyclic) bond motifs is 1. The van der Waals surface area contributed by atoms with Gasteiger partial charge in [-0.05, 0) is 36.6 Å². The zero-order chi connectivity index (χ0) is 18.7. The molecule has 0 saturated heterocycles. The van der Waals surface area contributed by atoms with Gasteiger partial charge in [0.15, 0.2) is 5.82 Å². The van der Waals surface area contributed by atoms with Crippen LogP contribution in [0.1, 0.15) is 42.0 Å². The van der Waals surface area contributed by atoms with Crippen LogP contribution in [0.25, 0.3) is 0 Å². The molecule has 0 spiro atoms. The standard InChI is InChI=1S/C19H23FN4O2/c1-12-8-18(23-19(21-12)11-26-3)22-17-6-7-24(13(2)25)10-14-9-15(20)4-5-16(14)17/h4-5,8-9,17H,6-7,10-11H2,1-3H3,(H,21,22,23). The lowest BCUT2D eigenvalue weighted by Crippen LogP contribution is -2.28. The summed E-state index contributed by atoms with van der Waals surface area (Å²) in [4.78, 5) is 22.4. The molecular weight excluding hydrogens is 335 g/mol. The summed E-state index contributed by atoms with van der Waals surface area (Å²) in [6, 6.07) is 6.55. The number of methoxy groups -OCH3 is 1. The Morgan fingerprint density at radius 1 is 1.38 bits per heavy atom. The Morgan fingerprint density at radius 3 is 2.92 bits per heavy atom. The van der Waals surface area contributed by atoms with E-state index in [-0.39, 0.29) is 17.8 Å². The first-order valence-electron chi connectivity index (χ1n) is 8.60. The average Bonchev–Trinajstić information content (AvgIpc) is 2.74. The fraction of sp³-hybridized carbons (Fsp3) is 0.421. The zero-order valence-corrected chi connectivity index (χ0v) is 15.3. The van der Waals surface area contributed by atoms with Crippen molar-refractivity contribution in [2.75, 3.05) is 19.0 Å². The Balaban J connectivity index is 1.92. The molecular formula is C19H23FN4O2. The van der Waals surface area contributed by atoms with Crippen LogP contribution in [0.4, 0.5) is 10.2 Å². The number of nitrogens with zero attached hydrogens (tertiary/aromatic N) is 3. The molecule has 0 saturated carbocycles. The molecule has 3 rings (SSSR count). The van der Waals surface area contributed by atoms with Crippen molar-refractivity contribution in [1.82, 2.24) is 14.9 Å². The van der Waals surface area contributed by atoms with Gasteiger partial charge in [-0.3, -0.25) is 4.79 Å². The van der Waals surface area contributed by atoms with E-state index < -0.39 is 0 Å². The fourth-order valence-electron chi connectivity index (χ4n) is 3.27.